The summed E-state index contributed by atoms with van der Waals surface area (Å²) in [6, 6.07) is 4.14. The Bertz CT molecular complexity index is 504. The number of hydrogen-bond acceptors (Lipinski definition) is 3. The van der Waals surface area contributed by atoms with Crippen LogP contribution >= 0.6 is 0 Å². The van der Waals surface area contributed by atoms with Gasteiger partial charge < -0.3 is 14.3 Å². The topological polar surface area (TPSA) is 38.7 Å². The molecule has 0 fully saturated rings. The number of aliphatic hydroxyl groups excluding tert-OH is 1. The van der Waals surface area contributed by atoms with Crippen molar-refractivity contribution in [2.45, 2.75) is 72.3 Å². The second-order valence-electron chi connectivity index (χ2n) is 7.81. The Labute approximate surface area is 143 Å². The van der Waals surface area contributed by atoms with Crippen LogP contribution in [0.5, 0.6) is 5.75 Å². The quantitative estimate of drug-likeness (QED) is 0.724. The van der Waals surface area contributed by atoms with Gasteiger partial charge in [-0.05, 0) is 36.4 Å². The molecular formula is C19H33O3Si. The first-order valence-corrected chi connectivity index (χ1v) is 10.8. The van der Waals surface area contributed by atoms with Crippen LogP contribution in [0.2, 0.25) is 13.1 Å². The van der Waals surface area contributed by atoms with Crippen LogP contribution in [0.1, 0.15) is 63.8 Å². The summed E-state index contributed by atoms with van der Waals surface area (Å²) in [6.45, 7) is 15.6. The van der Waals surface area contributed by atoms with Crippen molar-refractivity contribution in [3.63, 3.8) is 0 Å². The molecule has 0 bridgehead atoms. The number of benzene rings is 1. The van der Waals surface area contributed by atoms with Crippen LogP contribution in [0.4, 0.5) is 0 Å². The Hall–Kier alpha value is -0.843. The maximum absolute atomic E-state index is 10.6. The van der Waals surface area contributed by atoms with Crippen molar-refractivity contribution in [2.24, 2.45) is 5.92 Å². The maximum atomic E-state index is 10.6. The molecule has 1 aromatic carbocycles. The molecule has 0 aromatic heterocycles. The van der Waals surface area contributed by atoms with E-state index >= 15 is 0 Å². The Morgan fingerprint density at radius 2 is 1.78 bits per heavy atom. The van der Waals surface area contributed by atoms with Crippen LogP contribution in [0, 0.1) is 5.92 Å². The highest BCUT2D eigenvalue weighted by molar-refractivity contribution is 6.48. The predicted molar refractivity (Wildman–Crippen MR) is 98.4 cm³/mol. The van der Waals surface area contributed by atoms with Crippen molar-refractivity contribution in [1.82, 2.24) is 0 Å². The Morgan fingerprint density at radius 3 is 2.22 bits per heavy atom. The SMILES string of the molecule is COc1c(C(O)CC(C)C)ccc(C(C)(C)C)c1CO[Si](C)C. The lowest BCUT2D eigenvalue weighted by atomic mass is 9.82. The molecule has 0 aliphatic carbocycles. The smallest absolute Gasteiger partial charge is 0.205 e. The van der Waals surface area contributed by atoms with Gasteiger partial charge in [-0.25, -0.2) is 0 Å². The Kier molecular flexibility index (Phi) is 7.30. The van der Waals surface area contributed by atoms with Crippen molar-refractivity contribution in [3.05, 3.63) is 28.8 Å². The summed E-state index contributed by atoms with van der Waals surface area (Å²) in [4.78, 5) is 0. The standard InChI is InChI=1S/C19H33O3Si/c1-13(2)11-17(20)14-9-10-16(19(3,4)5)15(18(14)21-6)12-22-23(7)8/h9-10,13,17,20H,11-12H2,1-8H3. The third-order valence-corrected chi connectivity index (χ3v) is 4.58. The zero-order valence-corrected chi connectivity index (χ0v) is 17.0. The van der Waals surface area contributed by atoms with E-state index in [1.54, 1.807) is 7.11 Å². The van der Waals surface area contributed by atoms with E-state index in [1.165, 1.54) is 5.56 Å². The molecule has 0 aliphatic rings. The van der Waals surface area contributed by atoms with Gasteiger partial charge in [0.15, 0.2) is 0 Å². The summed E-state index contributed by atoms with van der Waals surface area (Å²) in [7, 11) is 0.894. The van der Waals surface area contributed by atoms with Gasteiger partial charge in [0, 0.05) is 11.1 Å². The van der Waals surface area contributed by atoms with Crippen LogP contribution < -0.4 is 4.74 Å². The number of ether oxygens (including phenoxy) is 1. The summed E-state index contributed by atoms with van der Waals surface area (Å²) in [6.07, 6.45) is 0.216. The summed E-state index contributed by atoms with van der Waals surface area (Å²) in [5, 5.41) is 10.6. The first kappa shape index (κ1) is 20.2. The number of methoxy groups -OCH3 is 1. The summed E-state index contributed by atoms with van der Waals surface area (Å²) >= 11 is 0. The van der Waals surface area contributed by atoms with Gasteiger partial charge in [-0.2, -0.15) is 0 Å². The molecule has 1 aromatic rings. The third kappa shape index (κ3) is 5.62. The molecule has 23 heavy (non-hydrogen) atoms. The average Bonchev–Trinajstić information content (AvgIpc) is 2.41. The van der Waals surface area contributed by atoms with E-state index in [0.717, 1.165) is 23.3 Å². The summed E-state index contributed by atoms with van der Waals surface area (Å²) < 4.78 is 11.7. The first-order chi connectivity index (χ1) is 10.6. The molecule has 1 unspecified atom stereocenters. The third-order valence-electron chi connectivity index (χ3n) is 3.86. The van der Waals surface area contributed by atoms with Crippen molar-refractivity contribution < 1.29 is 14.3 Å². The van der Waals surface area contributed by atoms with Gasteiger partial charge in [0.2, 0.25) is 9.04 Å². The van der Waals surface area contributed by atoms with E-state index in [9.17, 15) is 5.11 Å². The second-order valence-corrected chi connectivity index (χ2v) is 9.91. The zero-order valence-electron chi connectivity index (χ0n) is 16.0. The van der Waals surface area contributed by atoms with Gasteiger partial charge >= 0.3 is 0 Å². The van der Waals surface area contributed by atoms with E-state index in [4.69, 9.17) is 9.16 Å². The van der Waals surface area contributed by atoms with E-state index in [1.807, 2.05) is 6.07 Å². The minimum atomic E-state index is -0.788. The van der Waals surface area contributed by atoms with Crippen molar-refractivity contribution in [2.75, 3.05) is 7.11 Å². The molecule has 3 nitrogen and oxygen atoms in total. The van der Waals surface area contributed by atoms with Crippen LogP contribution in [0.15, 0.2) is 12.1 Å². The molecule has 0 saturated carbocycles. The molecule has 0 saturated heterocycles. The zero-order chi connectivity index (χ0) is 17.8. The second kappa shape index (κ2) is 8.31. The highest BCUT2D eigenvalue weighted by Gasteiger charge is 2.25. The van der Waals surface area contributed by atoms with E-state index in [0.29, 0.717) is 12.5 Å². The predicted octanol–water partition coefficient (Wildman–Crippen LogP) is 4.84. The molecule has 0 amide bonds. The molecule has 1 rings (SSSR count). The van der Waals surface area contributed by atoms with E-state index in [2.05, 4.69) is 53.8 Å². The molecular weight excluding hydrogens is 304 g/mol. The lowest BCUT2D eigenvalue weighted by Crippen LogP contribution is -2.19. The van der Waals surface area contributed by atoms with Crippen molar-refractivity contribution >= 4 is 9.04 Å². The van der Waals surface area contributed by atoms with Crippen LogP contribution in [0.25, 0.3) is 0 Å². The number of aliphatic hydroxyl groups is 1. The first-order valence-electron chi connectivity index (χ1n) is 8.39. The Morgan fingerprint density at radius 1 is 1.17 bits per heavy atom. The molecule has 4 heteroatoms. The number of hydrogen-bond donors (Lipinski definition) is 1. The molecule has 1 atom stereocenters. The molecule has 1 radical (unpaired) electrons. The minimum absolute atomic E-state index is 0.00188. The summed E-state index contributed by atoms with van der Waals surface area (Å²) in [5.74, 6) is 1.21. The van der Waals surface area contributed by atoms with Crippen molar-refractivity contribution in [3.8, 4) is 5.75 Å². The lowest BCUT2D eigenvalue weighted by molar-refractivity contribution is 0.146. The van der Waals surface area contributed by atoms with Gasteiger partial charge in [0.25, 0.3) is 0 Å². The van der Waals surface area contributed by atoms with Gasteiger partial charge in [-0.15, -0.1) is 0 Å². The largest absolute Gasteiger partial charge is 0.496 e. The fraction of sp³-hybridized carbons (Fsp3) is 0.684. The van der Waals surface area contributed by atoms with Crippen LogP contribution in [0.3, 0.4) is 0 Å². The highest BCUT2D eigenvalue weighted by Crippen LogP contribution is 2.39. The van der Waals surface area contributed by atoms with Gasteiger partial charge in [-0.1, -0.05) is 46.8 Å². The fourth-order valence-corrected chi connectivity index (χ4v) is 3.22. The molecule has 0 spiro atoms. The average molecular weight is 338 g/mol. The molecule has 131 valence electrons. The lowest BCUT2D eigenvalue weighted by Gasteiger charge is -2.28. The molecule has 1 N–H and O–H groups in total. The van der Waals surface area contributed by atoms with Gasteiger partial charge in [0.05, 0.1) is 19.8 Å². The number of rotatable bonds is 7. The van der Waals surface area contributed by atoms with Crippen LogP contribution in [-0.2, 0) is 16.4 Å². The summed E-state index contributed by atoms with van der Waals surface area (Å²) in [5.41, 5.74) is 3.17. The maximum Gasteiger partial charge on any atom is 0.205 e. The van der Waals surface area contributed by atoms with Gasteiger partial charge in [0.1, 0.15) is 5.75 Å². The fourth-order valence-electron chi connectivity index (χ4n) is 2.79. The minimum Gasteiger partial charge on any atom is -0.496 e. The Balaban J connectivity index is 3.38. The molecule has 0 aliphatic heterocycles. The van der Waals surface area contributed by atoms with Crippen LogP contribution in [-0.4, -0.2) is 21.3 Å². The monoisotopic (exact) mass is 337 g/mol. The normalized spacial score (nSPS) is 13.7. The highest BCUT2D eigenvalue weighted by atomic mass is 28.3. The van der Waals surface area contributed by atoms with E-state index in [-0.39, 0.29) is 5.41 Å². The molecule has 0 heterocycles. The van der Waals surface area contributed by atoms with E-state index < -0.39 is 15.1 Å². The van der Waals surface area contributed by atoms with Gasteiger partial charge in [-0.3, -0.25) is 0 Å². The van der Waals surface area contributed by atoms with Crippen molar-refractivity contribution in [1.29, 1.82) is 0 Å².